The predicted octanol–water partition coefficient (Wildman–Crippen LogP) is 3.26. The smallest absolute Gasteiger partial charge is 0.108 e. The van der Waals surface area contributed by atoms with Crippen molar-refractivity contribution in [1.29, 1.82) is 0 Å². The first-order chi connectivity index (χ1) is 7.79. The van der Waals surface area contributed by atoms with Crippen molar-refractivity contribution < 1.29 is 4.42 Å². The molecule has 1 aliphatic carbocycles. The van der Waals surface area contributed by atoms with Crippen molar-refractivity contribution >= 4 is 0 Å². The van der Waals surface area contributed by atoms with Crippen LogP contribution in [0.15, 0.2) is 16.5 Å². The topological polar surface area (TPSA) is 25.2 Å². The van der Waals surface area contributed by atoms with Crippen molar-refractivity contribution in [3.05, 3.63) is 23.7 Å². The van der Waals surface area contributed by atoms with Gasteiger partial charge in [-0.3, -0.25) is 0 Å². The molecule has 1 aromatic rings. The number of hydrogen-bond acceptors (Lipinski definition) is 2. The van der Waals surface area contributed by atoms with Gasteiger partial charge in [-0.1, -0.05) is 13.8 Å². The van der Waals surface area contributed by atoms with Gasteiger partial charge in [0.1, 0.15) is 11.5 Å². The Bertz CT molecular complexity index is 371. The average Bonchev–Trinajstić information content (AvgIpc) is 2.78. The molecule has 4 unspecified atom stereocenters. The van der Waals surface area contributed by atoms with Gasteiger partial charge in [-0.2, -0.15) is 0 Å². The van der Waals surface area contributed by atoms with Crippen molar-refractivity contribution in [1.82, 2.24) is 5.32 Å². The molecule has 0 bridgehead atoms. The SMILES string of the molecule is CCC1NCCC1c1ccc(C2CC2C)o1. The summed E-state index contributed by atoms with van der Waals surface area (Å²) < 4.78 is 6.05. The summed E-state index contributed by atoms with van der Waals surface area (Å²) in [5.74, 6) is 4.59. The van der Waals surface area contributed by atoms with Gasteiger partial charge in [0, 0.05) is 17.9 Å². The van der Waals surface area contributed by atoms with E-state index in [0.29, 0.717) is 17.9 Å². The normalized spacial score (nSPS) is 37.9. The maximum atomic E-state index is 6.05. The summed E-state index contributed by atoms with van der Waals surface area (Å²) in [6, 6.07) is 5.03. The molecule has 3 rings (SSSR count). The lowest BCUT2D eigenvalue weighted by Crippen LogP contribution is -2.24. The summed E-state index contributed by atoms with van der Waals surface area (Å²) in [7, 11) is 0. The third-order valence-electron chi connectivity index (χ3n) is 4.28. The van der Waals surface area contributed by atoms with Crippen molar-refractivity contribution in [3.63, 3.8) is 0 Å². The highest BCUT2D eigenvalue weighted by Crippen LogP contribution is 2.48. The second-order valence-corrected chi connectivity index (χ2v) is 5.42. The Balaban J connectivity index is 1.76. The van der Waals surface area contributed by atoms with Gasteiger partial charge in [0.25, 0.3) is 0 Å². The van der Waals surface area contributed by atoms with Crippen LogP contribution in [0.5, 0.6) is 0 Å². The molecule has 1 aliphatic heterocycles. The molecule has 16 heavy (non-hydrogen) atoms. The summed E-state index contributed by atoms with van der Waals surface area (Å²) in [5, 5.41) is 3.56. The lowest BCUT2D eigenvalue weighted by Gasteiger charge is -2.15. The molecule has 88 valence electrons. The van der Waals surface area contributed by atoms with Crippen LogP contribution >= 0.6 is 0 Å². The molecule has 0 radical (unpaired) electrons. The Labute approximate surface area is 97.4 Å². The zero-order valence-electron chi connectivity index (χ0n) is 10.2. The first kappa shape index (κ1) is 10.4. The third-order valence-corrected chi connectivity index (χ3v) is 4.28. The zero-order chi connectivity index (χ0) is 11.1. The van der Waals surface area contributed by atoms with E-state index in [0.717, 1.165) is 12.5 Å². The van der Waals surface area contributed by atoms with Gasteiger partial charge in [-0.05, 0) is 43.9 Å². The van der Waals surface area contributed by atoms with E-state index in [1.54, 1.807) is 0 Å². The fraction of sp³-hybridized carbons (Fsp3) is 0.714. The van der Waals surface area contributed by atoms with Gasteiger partial charge in [0.2, 0.25) is 0 Å². The van der Waals surface area contributed by atoms with Crippen molar-refractivity contribution in [3.8, 4) is 0 Å². The quantitative estimate of drug-likeness (QED) is 0.844. The highest BCUT2D eigenvalue weighted by atomic mass is 16.3. The largest absolute Gasteiger partial charge is 0.465 e. The van der Waals surface area contributed by atoms with Crippen LogP contribution in [0.1, 0.15) is 56.5 Å². The minimum absolute atomic E-state index is 0.604. The fourth-order valence-electron chi connectivity index (χ4n) is 3.02. The van der Waals surface area contributed by atoms with Crippen molar-refractivity contribution in [2.45, 2.75) is 51.0 Å². The first-order valence-corrected chi connectivity index (χ1v) is 6.62. The van der Waals surface area contributed by atoms with Crippen molar-refractivity contribution in [2.24, 2.45) is 5.92 Å². The maximum absolute atomic E-state index is 6.05. The fourth-order valence-corrected chi connectivity index (χ4v) is 3.02. The van der Waals surface area contributed by atoms with Crippen molar-refractivity contribution in [2.75, 3.05) is 6.54 Å². The van der Waals surface area contributed by atoms with Gasteiger partial charge in [0.15, 0.2) is 0 Å². The Morgan fingerprint density at radius 2 is 2.00 bits per heavy atom. The Kier molecular flexibility index (Phi) is 2.55. The van der Waals surface area contributed by atoms with Crippen LogP contribution in [-0.2, 0) is 0 Å². The summed E-state index contributed by atoms with van der Waals surface area (Å²) in [6.07, 6.45) is 3.74. The maximum Gasteiger partial charge on any atom is 0.108 e. The van der Waals surface area contributed by atoms with E-state index in [1.807, 2.05) is 0 Å². The van der Waals surface area contributed by atoms with Crippen LogP contribution in [0.25, 0.3) is 0 Å². The van der Waals surface area contributed by atoms with Gasteiger partial charge >= 0.3 is 0 Å². The van der Waals surface area contributed by atoms with Crippen LogP contribution in [0.2, 0.25) is 0 Å². The minimum Gasteiger partial charge on any atom is -0.465 e. The number of rotatable bonds is 3. The van der Waals surface area contributed by atoms with Gasteiger partial charge < -0.3 is 9.73 Å². The molecule has 0 aromatic carbocycles. The Hall–Kier alpha value is -0.760. The number of hydrogen-bond donors (Lipinski definition) is 1. The molecule has 2 nitrogen and oxygen atoms in total. The van der Waals surface area contributed by atoms with Crippen LogP contribution < -0.4 is 5.32 Å². The highest BCUT2D eigenvalue weighted by Gasteiger charge is 2.37. The van der Waals surface area contributed by atoms with E-state index in [9.17, 15) is 0 Å². The van der Waals surface area contributed by atoms with Gasteiger partial charge in [-0.25, -0.2) is 0 Å². The molecule has 1 saturated heterocycles. The predicted molar refractivity (Wildman–Crippen MR) is 64.7 cm³/mol. The van der Waals surface area contributed by atoms with Gasteiger partial charge in [-0.15, -0.1) is 0 Å². The van der Waals surface area contributed by atoms with Crippen LogP contribution in [0.3, 0.4) is 0 Å². The van der Waals surface area contributed by atoms with E-state index < -0.39 is 0 Å². The Morgan fingerprint density at radius 1 is 1.31 bits per heavy atom. The third kappa shape index (κ3) is 1.69. The second kappa shape index (κ2) is 3.92. The minimum atomic E-state index is 0.604. The summed E-state index contributed by atoms with van der Waals surface area (Å²) in [4.78, 5) is 0. The summed E-state index contributed by atoms with van der Waals surface area (Å²) >= 11 is 0. The molecule has 2 fully saturated rings. The summed E-state index contributed by atoms with van der Waals surface area (Å²) in [5.41, 5.74) is 0. The van der Waals surface area contributed by atoms with Gasteiger partial charge in [0.05, 0.1) is 0 Å². The Morgan fingerprint density at radius 3 is 2.62 bits per heavy atom. The average molecular weight is 219 g/mol. The molecule has 1 N–H and O–H groups in total. The molecule has 2 heterocycles. The monoisotopic (exact) mass is 219 g/mol. The van der Waals surface area contributed by atoms with Crippen LogP contribution in [0, 0.1) is 5.92 Å². The number of nitrogens with one attached hydrogen (secondary N) is 1. The highest BCUT2D eigenvalue weighted by molar-refractivity contribution is 5.21. The molecular formula is C14H21NO. The zero-order valence-corrected chi connectivity index (χ0v) is 10.2. The first-order valence-electron chi connectivity index (χ1n) is 6.62. The van der Waals surface area contributed by atoms with E-state index in [1.165, 1.54) is 30.8 Å². The second-order valence-electron chi connectivity index (χ2n) is 5.42. The van der Waals surface area contributed by atoms with Crippen LogP contribution in [-0.4, -0.2) is 12.6 Å². The molecule has 2 heteroatoms. The summed E-state index contributed by atoms with van der Waals surface area (Å²) in [6.45, 7) is 5.70. The molecular weight excluding hydrogens is 198 g/mol. The van der Waals surface area contributed by atoms with Crippen LogP contribution in [0.4, 0.5) is 0 Å². The molecule has 4 atom stereocenters. The molecule has 2 aliphatic rings. The molecule has 0 spiro atoms. The van der Waals surface area contributed by atoms with E-state index in [4.69, 9.17) is 4.42 Å². The van der Waals surface area contributed by atoms with E-state index in [2.05, 4.69) is 31.3 Å². The lowest BCUT2D eigenvalue weighted by atomic mass is 9.96. The van der Waals surface area contributed by atoms with E-state index in [-0.39, 0.29) is 0 Å². The number of furan rings is 1. The molecule has 1 aromatic heterocycles. The molecule has 1 saturated carbocycles. The lowest BCUT2D eigenvalue weighted by molar-refractivity contribution is 0.401. The van der Waals surface area contributed by atoms with E-state index >= 15 is 0 Å². The standard InChI is InChI=1S/C14H21NO/c1-3-12-10(6-7-15-12)13-4-5-14(16-13)11-8-9(11)2/h4-5,9-12,15H,3,6-8H2,1-2H3. The molecule has 0 amide bonds.